The van der Waals surface area contributed by atoms with Crippen molar-refractivity contribution in [2.75, 3.05) is 26.7 Å². The lowest BCUT2D eigenvalue weighted by atomic mass is 10.0. The highest BCUT2D eigenvalue weighted by molar-refractivity contribution is 6.00. The van der Waals surface area contributed by atoms with Crippen molar-refractivity contribution >= 4 is 11.8 Å². The van der Waals surface area contributed by atoms with Crippen molar-refractivity contribution in [3.63, 3.8) is 0 Å². The lowest BCUT2D eigenvalue weighted by Gasteiger charge is -2.33. The third-order valence-corrected chi connectivity index (χ3v) is 3.64. The van der Waals surface area contributed by atoms with Crippen LogP contribution in [0.2, 0.25) is 0 Å². The fourth-order valence-electron chi connectivity index (χ4n) is 2.53. The molecule has 0 spiro atoms. The van der Waals surface area contributed by atoms with Gasteiger partial charge in [-0.1, -0.05) is 0 Å². The molecule has 2 saturated heterocycles. The van der Waals surface area contributed by atoms with E-state index in [0.29, 0.717) is 12.8 Å². The molecular weight excluding hydrogens is 208 g/mol. The molecule has 2 rings (SSSR count). The predicted octanol–water partition coefficient (Wildman–Crippen LogP) is -0.552. The van der Waals surface area contributed by atoms with Crippen molar-refractivity contribution in [3.05, 3.63) is 0 Å². The third kappa shape index (κ3) is 1.97. The quantitative estimate of drug-likeness (QED) is 0.642. The summed E-state index contributed by atoms with van der Waals surface area (Å²) in [5.41, 5.74) is 0. The highest BCUT2D eigenvalue weighted by atomic mass is 16.3. The molecule has 0 aromatic heterocycles. The average Bonchev–Trinajstić information content (AvgIpc) is 2.74. The second-order valence-corrected chi connectivity index (χ2v) is 4.68. The zero-order valence-electron chi connectivity index (χ0n) is 9.56. The van der Waals surface area contributed by atoms with Crippen LogP contribution in [0, 0.1) is 5.92 Å². The van der Waals surface area contributed by atoms with Crippen molar-refractivity contribution in [2.24, 2.45) is 5.92 Å². The first-order valence-electron chi connectivity index (χ1n) is 5.78. The molecule has 0 aliphatic carbocycles. The zero-order chi connectivity index (χ0) is 11.7. The van der Waals surface area contributed by atoms with Crippen molar-refractivity contribution in [2.45, 2.75) is 25.3 Å². The molecule has 2 fully saturated rings. The predicted molar refractivity (Wildman–Crippen MR) is 57.6 cm³/mol. The van der Waals surface area contributed by atoms with Gasteiger partial charge < -0.3 is 5.11 Å². The van der Waals surface area contributed by atoms with Gasteiger partial charge in [-0.05, 0) is 25.3 Å². The zero-order valence-corrected chi connectivity index (χ0v) is 9.56. The third-order valence-electron chi connectivity index (χ3n) is 3.64. The Morgan fingerprint density at radius 2 is 2.12 bits per heavy atom. The van der Waals surface area contributed by atoms with E-state index in [1.54, 1.807) is 7.05 Å². The van der Waals surface area contributed by atoms with Crippen LogP contribution in [0.15, 0.2) is 0 Å². The number of aliphatic hydroxyl groups excluding tert-OH is 1. The van der Waals surface area contributed by atoms with E-state index in [4.69, 9.17) is 5.11 Å². The molecule has 2 unspecified atom stereocenters. The van der Waals surface area contributed by atoms with Crippen LogP contribution in [0.3, 0.4) is 0 Å². The Kier molecular flexibility index (Phi) is 3.25. The number of piperidine rings is 1. The van der Waals surface area contributed by atoms with Gasteiger partial charge in [-0.25, -0.2) is 0 Å². The Morgan fingerprint density at radius 1 is 1.38 bits per heavy atom. The molecule has 0 aromatic rings. The number of aliphatic hydroxyl groups is 1. The molecule has 2 heterocycles. The van der Waals surface area contributed by atoms with Crippen molar-refractivity contribution in [3.8, 4) is 0 Å². The Balaban J connectivity index is 2.00. The summed E-state index contributed by atoms with van der Waals surface area (Å²) in [7, 11) is 1.55. The van der Waals surface area contributed by atoms with E-state index >= 15 is 0 Å². The van der Waals surface area contributed by atoms with Crippen LogP contribution in [0.1, 0.15) is 19.3 Å². The van der Waals surface area contributed by atoms with E-state index in [-0.39, 0.29) is 30.4 Å². The summed E-state index contributed by atoms with van der Waals surface area (Å²) >= 11 is 0. The highest BCUT2D eigenvalue weighted by Crippen LogP contribution is 2.24. The van der Waals surface area contributed by atoms with Gasteiger partial charge in [0.15, 0.2) is 0 Å². The lowest BCUT2D eigenvalue weighted by Crippen LogP contribution is -2.52. The molecule has 2 atom stereocenters. The average molecular weight is 226 g/mol. The van der Waals surface area contributed by atoms with Gasteiger partial charge in [-0.15, -0.1) is 0 Å². The molecule has 0 radical (unpaired) electrons. The molecule has 0 saturated carbocycles. The number of carbonyl (C=O) groups excluding carboxylic acids is 2. The first kappa shape index (κ1) is 11.5. The number of nitrogens with zero attached hydrogens (tertiary/aromatic N) is 2. The molecule has 0 bridgehead atoms. The van der Waals surface area contributed by atoms with Gasteiger partial charge in [0.2, 0.25) is 11.8 Å². The monoisotopic (exact) mass is 226 g/mol. The second kappa shape index (κ2) is 4.51. The van der Waals surface area contributed by atoms with Crippen LogP contribution in [0.5, 0.6) is 0 Å². The summed E-state index contributed by atoms with van der Waals surface area (Å²) in [5, 5.41) is 9.07. The minimum Gasteiger partial charge on any atom is -0.396 e. The van der Waals surface area contributed by atoms with Gasteiger partial charge in [0.25, 0.3) is 0 Å². The van der Waals surface area contributed by atoms with Crippen molar-refractivity contribution < 1.29 is 14.7 Å². The van der Waals surface area contributed by atoms with E-state index in [1.165, 1.54) is 4.90 Å². The normalized spacial score (nSPS) is 32.5. The SMILES string of the molecule is CN1C(=O)CCC(N2CCC(CO)C2)C1=O. The molecule has 2 aliphatic rings. The molecule has 90 valence electrons. The maximum absolute atomic E-state index is 11.9. The maximum atomic E-state index is 11.9. The topological polar surface area (TPSA) is 60.9 Å². The number of imide groups is 1. The Labute approximate surface area is 95.0 Å². The van der Waals surface area contributed by atoms with Crippen LogP contribution in [-0.2, 0) is 9.59 Å². The van der Waals surface area contributed by atoms with E-state index < -0.39 is 0 Å². The number of likely N-dealkylation sites (N-methyl/N-ethyl adjacent to an activating group) is 1. The maximum Gasteiger partial charge on any atom is 0.246 e. The van der Waals surface area contributed by atoms with Crippen molar-refractivity contribution in [1.82, 2.24) is 9.80 Å². The number of hydrogen-bond donors (Lipinski definition) is 1. The summed E-state index contributed by atoms with van der Waals surface area (Å²) in [4.78, 5) is 26.6. The summed E-state index contributed by atoms with van der Waals surface area (Å²) in [5.74, 6) is 0.115. The summed E-state index contributed by atoms with van der Waals surface area (Å²) in [6.07, 6.45) is 2.02. The van der Waals surface area contributed by atoms with Crippen LogP contribution >= 0.6 is 0 Å². The number of amides is 2. The number of carbonyl (C=O) groups is 2. The van der Waals surface area contributed by atoms with E-state index in [1.807, 2.05) is 0 Å². The smallest absolute Gasteiger partial charge is 0.246 e. The van der Waals surface area contributed by atoms with Crippen LogP contribution in [-0.4, -0.2) is 59.5 Å². The second-order valence-electron chi connectivity index (χ2n) is 4.68. The van der Waals surface area contributed by atoms with Gasteiger partial charge in [0.1, 0.15) is 0 Å². The minimum atomic E-state index is -0.153. The van der Waals surface area contributed by atoms with Gasteiger partial charge in [-0.3, -0.25) is 19.4 Å². The lowest BCUT2D eigenvalue weighted by molar-refractivity contribution is -0.150. The number of hydrogen-bond acceptors (Lipinski definition) is 4. The van der Waals surface area contributed by atoms with Crippen LogP contribution < -0.4 is 0 Å². The Morgan fingerprint density at radius 3 is 2.75 bits per heavy atom. The summed E-state index contributed by atoms with van der Waals surface area (Å²) in [6, 6.07) is -0.153. The Bertz CT molecular complexity index is 306. The summed E-state index contributed by atoms with van der Waals surface area (Å²) in [6.45, 7) is 1.81. The fraction of sp³-hybridized carbons (Fsp3) is 0.818. The molecule has 2 aliphatic heterocycles. The molecular formula is C11H18N2O3. The largest absolute Gasteiger partial charge is 0.396 e. The Hall–Kier alpha value is -0.940. The van der Waals surface area contributed by atoms with E-state index in [0.717, 1.165) is 19.5 Å². The van der Waals surface area contributed by atoms with Gasteiger partial charge in [0.05, 0.1) is 6.04 Å². The van der Waals surface area contributed by atoms with Crippen molar-refractivity contribution in [1.29, 1.82) is 0 Å². The number of likely N-dealkylation sites (tertiary alicyclic amines) is 2. The molecule has 5 heteroatoms. The van der Waals surface area contributed by atoms with Crippen LogP contribution in [0.25, 0.3) is 0 Å². The minimum absolute atomic E-state index is 0.0841. The molecule has 0 aromatic carbocycles. The standard InChI is InChI=1S/C11H18N2O3/c1-12-10(15)3-2-9(11(12)16)13-5-4-8(6-13)7-14/h8-9,14H,2-7H2,1H3. The van der Waals surface area contributed by atoms with Gasteiger partial charge in [0, 0.05) is 26.6 Å². The molecule has 2 amide bonds. The van der Waals surface area contributed by atoms with E-state index in [2.05, 4.69) is 4.90 Å². The molecule has 1 N–H and O–H groups in total. The van der Waals surface area contributed by atoms with E-state index in [9.17, 15) is 9.59 Å². The van der Waals surface area contributed by atoms with Gasteiger partial charge >= 0.3 is 0 Å². The summed E-state index contributed by atoms with van der Waals surface area (Å²) < 4.78 is 0. The first-order chi connectivity index (χ1) is 7.63. The molecule has 5 nitrogen and oxygen atoms in total. The fourth-order valence-corrected chi connectivity index (χ4v) is 2.53. The molecule has 16 heavy (non-hydrogen) atoms. The van der Waals surface area contributed by atoms with Gasteiger partial charge in [-0.2, -0.15) is 0 Å². The highest BCUT2D eigenvalue weighted by Gasteiger charge is 2.38. The number of rotatable bonds is 2. The first-order valence-corrected chi connectivity index (χ1v) is 5.78. The van der Waals surface area contributed by atoms with Crippen LogP contribution in [0.4, 0.5) is 0 Å².